The number of hydrogen-bond acceptors (Lipinski definition) is 1. The number of carboxylic acids is 1. The van der Waals surface area contributed by atoms with Gasteiger partial charge in [-0.15, -0.1) is 0 Å². The molecular formula is C10H16O2. The molecule has 68 valence electrons. The third-order valence-electron chi connectivity index (χ3n) is 3.37. The summed E-state index contributed by atoms with van der Waals surface area (Å²) in [6, 6.07) is 0. The molecule has 2 aliphatic carbocycles. The van der Waals surface area contributed by atoms with Crippen LogP contribution < -0.4 is 0 Å². The van der Waals surface area contributed by atoms with Crippen molar-refractivity contribution >= 4 is 5.97 Å². The van der Waals surface area contributed by atoms with Crippen molar-refractivity contribution in [3.8, 4) is 0 Å². The van der Waals surface area contributed by atoms with Gasteiger partial charge in [0, 0.05) is 0 Å². The summed E-state index contributed by atoms with van der Waals surface area (Å²) >= 11 is 0. The van der Waals surface area contributed by atoms with E-state index in [0.29, 0.717) is 5.92 Å². The lowest BCUT2D eigenvalue weighted by Crippen LogP contribution is -2.50. The summed E-state index contributed by atoms with van der Waals surface area (Å²) in [7, 11) is 0. The van der Waals surface area contributed by atoms with Crippen LogP contribution in [0.3, 0.4) is 0 Å². The number of aliphatic carboxylic acids is 1. The highest BCUT2D eigenvalue weighted by molar-refractivity contribution is 5.77. The van der Waals surface area contributed by atoms with Crippen LogP contribution in [0.25, 0.3) is 0 Å². The van der Waals surface area contributed by atoms with Crippen LogP contribution in [0, 0.1) is 16.7 Å². The van der Waals surface area contributed by atoms with Gasteiger partial charge in [-0.05, 0) is 37.0 Å². The summed E-state index contributed by atoms with van der Waals surface area (Å²) < 4.78 is 0. The lowest BCUT2D eigenvalue weighted by molar-refractivity contribution is -0.166. The fourth-order valence-electron chi connectivity index (χ4n) is 2.91. The first-order chi connectivity index (χ1) is 5.46. The molecule has 0 amide bonds. The third kappa shape index (κ3) is 0.970. The van der Waals surface area contributed by atoms with Gasteiger partial charge < -0.3 is 5.11 Å². The SMILES string of the molecule is CC1(C)CC(C(=O)O)(C2CC2)C1. The summed E-state index contributed by atoms with van der Waals surface area (Å²) in [5, 5.41) is 9.13. The highest BCUT2D eigenvalue weighted by Gasteiger charge is 2.61. The van der Waals surface area contributed by atoms with Crippen LogP contribution in [-0.2, 0) is 4.79 Å². The van der Waals surface area contributed by atoms with E-state index in [9.17, 15) is 4.79 Å². The molecule has 0 heterocycles. The van der Waals surface area contributed by atoms with Gasteiger partial charge in [0.05, 0.1) is 5.41 Å². The Bertz CT molecular complexity index is 218. The third-order valence-corrected chi connectivity index (χ3v) is 3.37. The van der Waals surface area contributed by atoms with Gasteiger partial charge in [0.25, 0.3) is 0 Å². The van der Waals surface area contributed by atoms with Gasteiger partial charge in [0.1, 0.15) is 0 Å². The second kappa shape index (κ2) is 2.04. The average molecular weight is 168 g/mol. The molecule has 12 heavy (non-hydrogen) atoms. The molecule has 0 aromatic heterocycles. The van der Waals surface area contributed by atoms with Gasteiger partial charge >= 0.3 is 5.97 Å². The van der Waals surface area contributed by atoms with Crippen LogP contribution in [0.4, 0.5) is 0 Å². The molecular weight excluding hydrogens is 152 g/mol. The molecule has 2 rings (SSSR count). The summed E-state index contributed by atoms with van der Waals surface area (Å²) in [5.74, 6) is -0.0487. The predicted molar refractivity (Wildman–Crippen MR) is 45.8 cm³/mol. The fraction of sp³-hybridized carbons (Fsp3) is 0.900. The first-order valence-corrected chi connectivity index (χ1v) is 4.70. The largest absolute Gasteiger partial charge is 0.481 e. The maximum absolute atomic E-state index is 11.1. The summed E-state index contributed by atoms with van der Waals surface area (Å²) in [4.78, 5) is 11.1. The van der Waals surface area contributed by atoms with Crippen LogP contribution >= 0.6 is 0 Å². The van der Waals surface area contributed by atoms with Crippen molar-refractivity contribution in [2.75, 3.05) is 0 Å². The maximum Gasteiger partial charge on any atom is 0.309 e. The van der Waals surface area contributed by atoms with Gasteiger partial charge in [0.15, 0.2) is 0 Å². The second-order valence-electron chi connectivity index (χ2n) is 5.25. The highest BCUT2D eigenvalue weighted by atomic mass is 16.4. The zero-order valence-corrected chi connectivity index (χ0v) is 7.76. The number of carboxylic acid groups (broad SMARTS) is 1. The van der Waals surface area contributed by atoms with Crippen molar-refractivity contribution in [1.82, 2.24) is 0 Å². The molecule has 2 aliphatic rings. The lowest BCUT2D eigenvalue weighted by Gasteiger charge is -2.51. The molecule has 0 saturated heterocycles. The van der Waals surface area contributed by atoms with E-state index in [0.717, 1.165) is 25.7 Å². The van der Waals surface area contributed by atoms with Crippen molar-refractivity contribution in [3.63, 3.8) is 0 Å². The molecule has 0 spiro atoms. The van der Waals surface area contributed by atoms with E-state index in [2.05, 4.69) is 13.8 Å². The molecule has 0 aromatic carbocycles. The number of rotatable bonds is 2. The Morgan fingerprint density at radius 1 is 1.33 bits per heavy atom. The molecule has 0 aromatic rings. The predicted octanol–water partition coefficient (Wildman–Crippen LogP) is 2.29. The molecule has 2 heteroatoms. The van der Waals surface area contributed by atoms with Crippen LogP contribution in [-0.4, -0.2) is 11.1 Å². The topological polar surface area (TPSA) is 37.3 Å². The van der Waals surface area contributed by atoms with E-state index in [1.807, 2.05) is 0 Å². The molecule has 1 N–H and O–H groups in total. The van der Waals surface area contributed by atoms with Gasteiger partial charge in [-0.25, -0.2) is 0 Å². The Labute approximate surface area is 73.0 Å². The van der Waals surface area contributed by atoms with Crippen molar-refractivity contribution in [2.45, 2.75) is 39.5 Å². The van der Waals surface area contributed by atoms with E-state index in [4.69, 9.17) is 5.11 Å². The normalized spacial score (nSPS) is 30.8. The Hall–Kier alpha value is -0.530. The van der Waals surface area contributed by atoms with Gasteiger partial charge in [-0.2, -0.15) is 0 Å². The van der Waals surface area contributed by atoms with E-state index in [1.165, 1.54) is 0 Å². The lowest BCUT2D eigenvalue weighted by atomic mass is 9.52. The first kappa shape index (κ1) is 8.09. The zero-order valence-electron chi connectivity index (χ0n) is 7.76. The minimum Gasteiger partial charge on any atom is -0.481 e. The molecule has 2 fully saturated rings. The van der Waals surface area contributed by atoms with Crippen LogP contribution in [0.15, 0.2) is 0 Å². The second-order valence-corrected chi connectivity index (χ2v) is 5.25. The quantitative estimate of drug-likeness (QED) is 0.686. The average Bonchev–Trinajstić information content (AvgIpc) is 2.61. The molecule has 0 bridgehead atoms. The zero-order chi connectivity index (χ0) is 8.98. The molecule has 2 saturated carbocycles. The van der Waals surface area contributed by atoms with Gasteiger partial charge in [-0.1, -0.05) is 13.8 Å². The summed E-state index contributed by atoms with van der Waals surface area (Å²) in [6.45, 7) is 4.33. The van der Waals surface area contributed by atoms with Crippen LogP contribution in [0.1, 0.15) is 39.5 Å². The van der Waals surface area contributed by atoms with Crippen LogP contribution in [0.5, 0.6) is 0 Å². The van der Waals surface area contributed by atoms with Crippen LogP contribution in [0.2, 0.25) is 0 Å². The molecule has 0 unspecified atom stereocenters. The summed E-state index contributed by atoms with van der Waals surface area (Å²) in [5.41, 5.74) is -0.0372. The Balaban J connectivity index is 2.12. The van der Waals surface area contributed by atoms with Gasteiger partial charge in [0.2, 0.25) is 0 Å². The molecule has 2 nitrogen and oxygen atoms in total. The Morgan fingerprint density at radius 3 is 2.08 bits per heavy atom. The smallest absolute Gasteiger partial charge is 0.309 e. The number of hydrogen-bond donors (Lipinski definition) is 1. The van der Waals surface area contributed by atoms with Crippen molar-refractivity contribution in [1.29, 1.82) is 0 Å². The van der Waals surface area contributed by atoms with Crippen molar-refractivity contribution < 1.29 is 9.90 Å². The van der Waals surface area contributed by atoms with Crippen molar-refractivity contribution in [3.05, 3.63) is 0 Å². The highest BCUT2D eigenvalue weighted by Crippen LogP contribution is 2.64. The van der Waals surface area contributed by atoms with E-state index in [-0.39, 0.29) is 10.8 Å². The minimum atomic E-state index is -0.552. The fourth-order valence-corrected chi connectivity index (χ4v) is 2.91. The number of carbonyl (C=O) groups is 1. The molecule has 0 aliphatic heterocycles. The molecule has 0 atom stereocenters. The summed E-state index contributed by atoms with van der Waals surface area (Å²) in [6.07, 6.45) is 4.06. The Kier molecular flexibility index (Phi) is 1.37. The standard InChI is InChI=1S/C10H16O2/c1-9(2)5-10(6-9,8(11)12)7-3-4-7/h7H,3-6H2,1-2H3,(H,11,12). The monoisotopic (exact) mass is 168 g/mol. The minimum absolute atomic E-state index is 0.279. The van der Waals surface area contributed by atoms with E-state index < -0.39 is 5.97 Å². The maximum atomic E-state index is 11.1. The van der Waals surface area contributed by atoms with Crippen molar-refractivity contribution in [2.24, 2.45) is 16.7 Å². The van der Waals surface area contributed by atoms with Gasteiger partial charge in [-0.3, -0.25) is 4.79 Å². The Morgan fingerprint density at radius 2 is 1.83 bits per heavy atom. The first-order valence-electron chi connectivity index (χ1n) is 4.70. The van der Waals surface area contributed by atoms with E-state index >= 15 is 0 Å². The molecule has 0 radical (unpaired) electrons. The van der Waals surface area contributed by atoms with E-state index in [1.54, 1.807) is 0 Å².